The van der Waals surface area contributed by atoms with E-state index < -0.39 is 0 Å². The van der Waals surface area contributed by atoms with Crippen LogP contribution < -0.4 is 11.1 Å². The molecule has 0 aliphatic rings. The molecule has 4 nitrogen and oxygen atoms in total. The Morgan fingerprint density at radius 3 is 2.71 bits per heavy atom. The molecule has 2 heterocycles. The highest BCUT2D eigenvalue weighted by atomic mass is 16.3. The minimum absolute atomic E-state index is 0.0150. The van der Waals surface area contributed by atoms with Crippen LogP contribution in [-0.2, 0) is 0 Å². The van der Waals surface area contributed by atoms with Crippen molar-refractivity contribution in [2.45, 2.75) is 19.9 Å². The summed E-state index contributed by atoms with van der Waals surface area (Å²) in [5, 5.41) is 3.25. The predicted molar refractivity (Wildman–Crippen MR) is 67.7 cm³/mol. The molecule has 17 heavy (non-hydrogen) atoms. The maximum atomic E-state index is 5.94. The smallest absolute Gasteiger partial charge is 0.128 e. The average molecular weight is 231 g/mol. The second-order valence-corrected chi connectivity index (χ2v) is 4.14. The second-order valence-electron chi connectivity index (χ2n) is 4.14. The van der Waals surface area contributed by atoms with Crippen LogP contribution in [-0.4, -0.2) is 12.0 Å². The van der Waals surface area contributed by atoms with Crippen molar-refractivity contribution in [2.24, 2.45) is 0 Å². The van der Waals surface area contributed by atoms with Crippen LogP contribution in [0.15, 0.2) is 29.0 Å². The minimum Gasteiger partial charge on any atom is -0.469 e. The molecule has 2 rings (SSSR count). The number of hydrogen-bond donors (Lipinski definition) is 2. The molecular formula is C13H17N3O. The zero-order valence-corrected chi connectivity index (χ0v) is 10.3. The van der Waals surface area contributed by atoms with Gasteiger partial charge in [-0.2, -0.15) is 0 Å². The van der Waals surface area contributed by atoms with Gasteiger partial charge in [0.25, 0.3) is 0 Å². The summed E-state index contributed by atoms with van der Waals surface area (Å²) in [5.74, 6) is 1.45. The number of aryl methyl sites for hydroxylation is 2. The molecule has 1 unspecified atom stereocenters. The first-order valence-electron chi connectivity index (χ1n) is 5.56. The number of hydrogen-bond acceptors (Lipinski definition) is 4. The Hall–Kier alpha value is -1.81. The van der Waals surface area contributed by atoms with Crippen LogP contribution in [0.3, 0.4) is 0 Å². The third kappa shape index (κ3) is 2.17. The molecule has 0 aliphatic carbocycles. The van der Waals surface area contributed by atoms with Crippen molar-refractivity contribution in [1.82, 2.24) is 10.3 Å². The van der Waals surface area contributed by atoms with Crippen LogP contribution in [0, 0.1) is 13.8 Å². The highest BCUT2D eigenvalue weighted by Crippen LogP contribution is 2.28. The summed E-state index contributed by atoms with van der Waals surface area (Å²) in [4.78, 5) is 4.19. The normalized spacial score (nSPS) is 12.6. The summed E-state index contributed by atoms with van der Waals surface area (Å²) in [6.07, 6.45) is 3.46. The number of rotatable bonds is 3. The molecule has 0 saturated carbocycles. The molecule has 0 amide bonds. The van der Waals surface area contributed by atoms with Gasteiger partial charge in [0.05, 0.1) is 12.3 Å². The number of nitrogen functional groups attached to an aromatic ring is 1. The molecule has 2 aromatic heterocycles. The molecule has 0 spiro atoms. The summed E-state index contributed by atoms with van der Waals surface area (Å²) in [7, 11) is 1.90. The van der Waals surface area contributed by atoms with Gasteiger partial charge in [-0.15, -0.1) is 0 Å². The monoisotopic (exact) mass is 231 g/mol. The van der Waals surface area contributed by atoms with E-state index in [1.54, 1.807) is 12.5 Å². The van der Waals surface area contributed by atoms with Crippen molar-refractivity contribution in [2.75, 3.05) is 12.8 Å². The summed E-state index contributed by atoms with van der Waals surface area (Å²) in [5.41, 5.74) is 9.11. The number of aromatic nitrogens is 1. The average Bonchev–Trinajstić information content (AvgIpc) is 2.71. The Morgan fingerprint density at radius 1 is 1.35 bits per heavy atom. The quantitative estimate of drug-likeness (QED) is 0.849. The maximum absolute atomic E-state index is 5.94. The number of nitrogens with two attached hydrogens (primary N) is 1. The fourth-order valence-corrected chi connectivity index (χ4v) is 2.01. The van der Waals surface area contributed by atoms with Gasteiger partial charge in [-0.3, -0.25) is 0 Å². The van der Waals surface area contributed by atoms with Crippen LogP contribution in [0.1, 0.15) is 28.5 Å². The Bertz CT molecular complexity index is 519. The molecule has 0 saturated heterocycles. The van der Waals surface area contributed by atoms with E-state index in [1.807, 2.05) is 27.0 Å². The first kappa shape index (κ1) is 11.7. The zero-order valence-electron chi connectivity index (χ0n) is 10.3. The standard InChI is InChI=1S/C13H17N3O/c1-8-6-11(13(14)16-7-8)12(15-3)10-4-5-17-9(10)2/h4-7,12,15H,1-3H3,(H2,14,16). The van der Waals surface area contributed by atoms with Gasteiger partial charge in [0.15, 0.2) is 0 Å². The van der Waals surface area contributed by atoms with Gasteiger partial charge in [-0.05, 0) is 38.6 Å². The molecule has 0 bridgehead atoms. The highest BCUT2D eigenvalue weighted by molar-refractivity contribution is 5.47. The Balaban J connectivity index is 2.49. The van der Waals surface area contributed by atoms with Crippen molar-refractivity contribution in [3.05, 3.63) is 47.0 Å². The number of pyridine rings is 1. The highest BCUT2D eigenvalue weighted by Gasteiger charge is 2.19. The van der Waals surface area contributed by atoms with Crippen molar-refractivity contribution in [3.63, 3.8) is 0 Å². The first-order chi connectivity index (χ1) is 8.13. The largest absolute Gasteiger partial charge is 0.469 e. The molecule has 90 valence electrons. The maximum Gasteiger partial charge on any atom is 0.128 e. The topological polar surface area (TPSA) is 64.1 Å². The molecule has 1 atom stereocenters. The van der Waals surface area contributed by atoms with E-state index in [0.717, 1.165) is 22.5 Å². The number of nitrogens with zero attached hydrogens (tertiary/aromatic N) is 1. The lowest BCUT2D eigenvalue weighted by Crippen LogP contribution is -2.20. The Kier molecular flexibility index (Phi) is 3.15. The van der Waals surface area contributed by atoms with Crippen molar-refractivity contribution >= 4 is 5.82 Å². The summed E-state index contributed by atoms with van der Waals surface area (Å²) >= 11 is 0. The van der Waals surface area contributed by atoms with Crippen molar-refractivity contribution in [3.8, 4) is 0 Å². The van der Waals surface area contributed by atoms with Gasteiger partial charge in [-0.1, -0.05) is 0 Å². The van der Waals surface area contributed by atoms with Crippen molar-refractivity contribution < 1.29 is 4.42 Å². The molecule has 0 fully saturated rings. The molecular weight excluding hydrogens is 214 g/mol. The van der Waals surface area contributed by atoms with Gasteiger partial charge in [0.2, 0.25) is 0 Å². The number of anilines is 1. The summed E-state index contributed by atoms with van der Waals surface area (Å²) in [6, 6.07) is 4.02. The predicted octanol–water partition coefficient (Wildman–Crippen LogP) is 2.18. The van der Waals surface area contributed by atoms with Gasteiger partial charge >= 0.3 is 0 Å². The summed E-state index contributed by atoms with van der Waals surface area (Å²) in [6.45, 7) is 3.95. The van der Waals surface area contributed by atoms with Gasteiger partial charge in [-0.25, -0.2) is 4.98 Å². The zero-order chi connectivity index (χ0) is 12.4. The SMILES string of the molecule is CNC(c1cc(C)cnc1N)c1ccoc1C. The number of nitrogens with one attached hydrogen (secondary N) is 1. The van der Waals surface area contributed by atoms with Gasteiger partial charge in [0.1, 0.15) is 11.6 Å². The first-order valence-corrected chi connectivity index (χ1v) is 5.56. The molecule has 4 heteroatoms. The Morgan fingerprint density at radius 2 is 2.12 bits per heavy atom. The van der Waals surface area contributed by atoms with Crippen LogP contribution in [0.25, 0.3) is 0 Å². The lowest BCUT2D eigenvalue weighted by molar-refractivity contribution is 0.523. The van der Waals surface area contributed by atoms with Crippen LogP contribution in [0.5, 0.6) is 0 Å². The van der Waals surface area contributed by atoms with E-state index in [1.165, 1.54) is 0 Å². The number of furan rings is 1. The molecule has 0 aliphatic heterocycles. The fourth-order valence-electron chi connectivity index (χ4n) is 2.01. The Labute approximate surface area is 101 Å². The van der Waals surface area contributed by atoms with E-state index >= 15 is 0 Å². The van der Waals surface area contributed by atoms with E-state index in [-0.39, 0.29) is 6.04 Å². The van der Waals surface area contributed by atoms with Crippen molar-refractivity contribution in [1.29, 1.82) is 0 Å². The summed E-state index contributed by atoms with van der Waals surface area (Å²) < 4.78 is 5.34. The van der Waals surface area contributed by atoms with Crippen LogP contribution in [0.2, 0.25) is 0 Å². The minimum atomic E-state index is 0.0150. The van der Waals surface area contributed by atoms with E-state index in [9.17, 15) is 0 Å². The van der Waals surface area contributed by atoms with Crippen LogP contribution in [0.4, 0.5) is 5.82 Å². The lowest BCUT2D eigenvalue weighted by atomic mass is 9.99. The third-order valence-corrected chi connectivity index (χ3v) is 2.90. The van der Waals surface area contributed by atoms with Gasteiger partial charge in [0, 0.05) is 17.3 Å². The van der Waals surface area contributed by atoms with Gasteiger partial charge < -0.3 is 15.5 Å². The van der Waals surface area contributed by atoms with E-state index in [4.69, 9.17) is 10.2 Å². The molecule has 0 aromatic carbocycles. The molecule has 2 aromatic rings. The fraction of sp³-hybridized carbons (Fsp3) is 0.308. The third-order valence-electron chi connectivity index (χ3n) is 2.90. The second kappa shape index (κ2) is 4.59. The lowest BCUT2D eigenvalue weighted by Gasteiger charge is -2.18. The van der Waals surface area contributed by atoms with E-state index in [0.29, 0.717) is 5.82 Å². The van der Waals surface area contributed by atoms with E-state index in [2.05, 4.69) is 16.4 Å². The van der Waals surface area contributed by atoms with Crippen LogP contribution >= 0.6 is 0 Å². The molecule has 0 radical (unpaired) electrons. The molecule has 3 N–H and O–H groups in total.